The standard InChI is InChI=1S/C15H16BrN3O/c16-14-6-2-8-18-15(14)19-9-3-5-13(11-19)20-12-4-1-7-17-10-12/h1-2,4,6-8,10,13H,3,5,9,11H2. The van der Waals surface area contributed by atoms with Crippen molar-refractivity contribution in [3.8, 4) is 5.75 Å². The molecule has 5 heteroatoms. The number of anilines is 1. The molecule has 1 saturated heterocycles. The van der Waals surface area contributed by atoms with Gasteiger partial charge in [-0.3, -0.25) is 4.98 Å². The normalized spacial score (nSPS) is 18.9. The maximum Gasteiger partial charge on any atom is 0.142 e. The van der Waals surface area contributed by atoms with Crippen LogP contribution in [0.25, 0.3) is 0 Å². The van der Waals surface area contributed by atoms with Crippen LogP contribution in [0.4, 0.5) is 5.82 Å². The van der Waals surface area contributed by atoms with Crippen LogP contribution in [0, 0.1) is 0 Å². The topological polar surface area (TPSA) is 38.2 Å². The lowest BCUT2D eigenvalue weighted by Crippen LogP contribution is -2.41. The Labute approximate surface area is 126 Å². The largest absolute Gasteiger partial charge is 0.487 e. The Bertz CT molecular complexity index is 564. The second-order valence-electron chi connectivity index (χ2n) is 4.83. The number of hydrogen-bond acceptors (Lipinski definition) is 4. The van der Waals surface area contributed by atoms with Crippen LogP contribution in [0.5, 0.6) is 5.75 Å². The van der Waals surface area contributed by atoms with Crippen LogP contribution in [-0.4, -0.2) is 29.2 Å². The van der Waals surface area contributed by atoms with E-state index >= 15 is 0 Å². The molecule has 1 aliphatic rings. The van der Waals surface area contributed by atoms with Crippen molar-refractivity contribution in [1.29, 1.82) is 0 Å². The molecule has 4 nitrogen and oxygen atoms in total. The summed E-state index contributed by atoms with van der Waals surface area (Å²) in [5, 5.41) is 0. The van der Waals surface area contributed by atoms with E-state index in [1.165, 1.54) is 0 Å². The van der Waals surface area contributed by atoms with Crippen LogP contribution < -0.4 is 9.64 Å². The smallest absolute Gasteiger partial charge is 0.142 e. The summed E-state index contributed by atoms with van der Waals surface area (Å²) in [6.45, 7) is 1.87. The zero-order valence-electron chi connectivity index (χ0n) is 11.1. The predicted molar refractivity (Wildman–Crippen MR) is 82.0 cm³/mol. The van der Waals surface area contributed by atoms with Gasteiger partial charge in [0, 0.05) is 18.9 Å². The molecule has 1 aliphatic heterocycles. The zero-order chi connectivity index (χ0) is 13.8. The van der Waals surface area contributed by atoms with Crippen LogP contribution in [0.2, 0.25) is 0 Å². The Morgan fingerprint density at radius 1 is 1.25 bits per heavy atom. The van der Waals surface area contributed by atoms with Crippen molar-refractivity contribution in [2.75, 3.05) is 18.0 Å². The van der Waals surface area contributed by atoms with Gasteiger partial charge in [-0.2, -0.15) is 0 Å². The SMILES string of the molecule is Brc1cccnc1N1CCCC(Oc2cccnc2)C1. The predicted octanol–water partition coefficient (Wildman–Crippen LogP) is 3.29. The summed E-state index contributed by atoms with van der Waals surface area (Å²) in [5.74, 6) is 1.83. The molecule has 104 valence electrons. The third kappa shape index (κ3) is 3.10. The molecule has 0 bridgehead atoms. The van der Waals surface area contributed by atoms with Crippen molar-refractivity contribution in [1.82, 2.24) is 9.97 Å². The van der Waals surface area contributed by atoms with E-state index in [9.17, 15) is 0 Å². The fourth-order valence-electron chi connectivity index (χ4n) is 2.45. The van der Waals surface area contributed by atoms with Gasteiger partial charge < -0.3 is 9.64 Å². The fourth-order valence-corrected chi connectivity index (χ4v) is 2.95. The molecule has 0 saturated carbocycles. The maximum absolute atomic E-state index is 6.00. The minimum absolute atomic E-state index is 0.182. The van der Waals surface area contributed by atoms with Gasteiger partial charge in [-0.05, 0) is 53.0 Å². The molecular weight excluding hydrogens is 318 g/mol. The molecule has 2 aromatic rings. The molecular formula is C15H16BrN3O. The van der Waals surface area contributed by atoms with Gasteiger partial charge in [0.2, 0.25) is 0 Å². The summed E-state index contributed by atoms with van der Waals surface area (Å²) >= 11 is 3.56. The third-order valence-corrected chi connectivity index (χ3v) is 3.97. The summed E-state index contributed by atoms with van der Waals surface area (Å²) in [7, 11) is 0. The highest BCUT2D eigenvalue weighted by atomic mass is 79.9. The zero-order valence-corrected chi connectivity index (χ0v) is 12.7. The van der Waals surface area contributed by atoms with E-state index < -0.39 is 0 Å². The Morgan fingerprint density at radius 3 is 2.95 bits per heavy atom. The van der Waals surface area contributed by atoms with Gasteiger partial charge in [0.25, 0.3) is 0 Å². The number of pyridine rings is 2. The average Bonchev–Trinajstić information content (AvgIpc) is 2.49. The van der Waals surface area contributed by atoms with E-state index in [-0.39, 0.29) is 6.10 Å². The second kappa shape index (κ2) is 6.22. The van der Waals surface area contributed by atoms with Crippen molar-refractivity contribution >= 4 is 21.7 Å². The number of aromatic nitrogens is 2. The molecule has 0 radical (unpaired) electrons. The Kier molecular flexibility index (Phi) is 4.16. The third-order valence-electron chi connectivity index (χ3n) is 3.35. The molecule has 1 fully saturated rings. The minimum Gasteiger partial charge on any atom is -0.487 e. The van der Waals surface area contributed by atoms with Gasteiger partial charge in [0.15, 0.2) is 0 Å². The number of hydrogen-bond donors (Lipinski definition) is 0. The second-order valence-corrected chi connectivity index (χ2v) is 5.68. The maximum atomic E-state index is 6.00. The van der Waals surface area contributed by atoms with Crippen molar-refractivity contribution in [3.63, 3.8) is 0 Å². The number of ether oxygens (including phenoxy) is 1. The van der Waals surface area contributed by atoms with Gasteiger partial charge in [-0.15, -0.1) is 0 Å². The Morgan fingerprint density at radius 2 is 2.15 bits per heavy atom. The average molecular weight is 334 g/mol. The van der Waals surface area contributed by atoms with E-state index in [0.717, 1.165) is 42.0 Å². The first-order valence-corrected chi connectivity index (χ1v) is 7.54. The first-order valence-electron chi connectivity index (χ1n) is 6.75. The van der Waals surface area contributed by atoms with Crippen LogP contribution in [0.15, 0.2) is 47.3 Å². The first-order chi connectivity index (χ1) is 9.83. The highest BCUT2D eigenvalue weighted by Crippen LogP contribution is 2.27. The molecule has 0 aromatic carbocycles. The quantitative estimate of drug-likeness (QED) is 0.863. The summed E-state index contributed by atoms with van der Waals surface area (Å²) in [5.41, 5.74) is 0. The van der Waals surface area contributed by atoms with Crippen LogP contribution in [-0.2, 0) is 0 Å². The molecule has 0 amide bonds. The summed E-state index contributed by atoms with van der Waals surface area (Å²) in [6.07, 6.45) is 7.69. The number of rotatable bonds is 3. The van der Waals surface area contributed by atoms with Crippen molar-refractivity contribution < 1.29 is 4.74 Å². The monoisotopic (exact) mass is 333 g/mol. The Hall–Kier alpha value is -1.62. The van der Waals surface area contributed by atoms with Crippen molar-refractivity contribution in [2.45, 2.75) is 18.9 Å². The van der Waals surface area contributed by atoms with Crippen molar-refractivity contribution in [3.05, 3.63) is 47.3 Å². The van der Waals surface area contributed by atoms with Gasteiger partial charge >= 0.3 is 0 Å². The van der Waals surface area contributed by atoms with Gasteiger partial charge in [0.05, 0.1) is 17.2 Å². The van der Waals surface area contributed by atoms with Gasteiger partial charge in [-0.1, -0.05) is 0 Å². The lowest BCUT2D eigenvalue weighted by atomic mass is 10.1. The molecule has 3 rings (SSSR count). The van der Waals surface area contributed by atoms with E-state index in [0.29, 0.717) is 0 Å². The fraction of sp³-hybridized carbons (Fsp3) is 0.333. The van der Waals surface area contributed by atoms with Crippen LogP contribution >= 0.6 is 15.9 Å². The minimum atomic E-state index is 0.182. The molecule has 1 atom stereocenters. The van der Waals surface area contributed by atoms with Crippen LogP contribution in [0.1, 0.15) is 12.8 Å². The summed E-state index contributed by atoms with van der Waals surface area (Å²) in [6, 6.07) is 7.79. The molecule has 0 aliphatic carbocycles. The molecule has 3 heterocycles. The number of nitrogens with zero attached hydrogens (tertiary/aromatic N) is 3. The van der Waals surface area contributed by atoms with E-state index in [4.69, 9.17) is 4.74 Å². The molecule has 0 N–H and O–H groups in total. The van der Waals surface area contributed by atoms with Gasteiger partial charge in [-0.25, -0.2) is 4.98 Å². The number of halogens is 1. The molecule has 0 spiro atoms. The van der Waals surface area contributed by atoms with Crippen molar-refractivity contribution in [2.24, 2.45) is 0 Å². The van der Waals surface area contributed by atoms with Crippen LogP contribution in [0.3, 0.4) is 0 Å². The highest BCUT2D eigenvalue weighted by molar-refractivity contribution is 9.10. The molecule has 1 unspecified atom stereocenters. The lowest BCUT2D eigenvalue weighted by Gasteiger charge is -2.34. The number of piperidine rings is 1. The molecule has 2 aromatic heterocycles. The lowest BCUT2D eigenvalue weighted by molar-refractivity contribution is 0.178. The Balaban J connectivity index is 1.69. The van der Waals surface area contributed by atoms with Gasteiger partial charge in [0.1, 0.15) is 17.7 Å². The van der Waals surface area contributed by atoms with E-state index in [2.05, 4.69) is 30.8 Å². The summed E-state index contributed by atoms with van der Waals surface area (Å²) in [4.78, 5) is 10.8. The molecule has 20 heavy (non-hydrogen) atoms. The highest BCUT2D eigenvalue weighted by Gasteiger charge is 2.23. The van der Waals surface area contributed by atoms with E-state index in [1.807, 2.05) is 30.5 Å². The first kappa shape index (κ1) is 13.4. The van der Waals surface area contributed by atoms with E-state index in [1.54, 1.807) is 12.4 Å². The summed E-state index contributed by atoms with van der Waals surface area (Å²) < 4.78 is 7.03.